The van der Waals surface area contributed by atoms with Crippen LogP contribution in [0.5, 0.6) is 0 Å². The number of aliphatic hydroxyl groups is 1. The maximum atomic E-state index is 10.3. The van der Waals surface area contributed by atoms with Crippen molar-refractivity contribution in [2.75, 3.05) is 0 Å². The Labute approximate surface area is 138 Å². The summed E-state index contributed by atoms with van der Waals surface area (Å²) >= 11 is 18.9. The van der Waals surface area contributed by atoms with Gasteiger partial charge in [0.1, 0.15) is 0 Å². The molecule has 0 bridgehead atoms. The van der Waals surface area contributed by atoms with Crippen LogP contribution in [0.25, 0.3) is 0 Å². The van der Waals surface area contributed by atoms with E-state index in [2.05, 4.69) is 31.9 Å². The summed E-state index contributed by atoms with van der Waals surface area (Å²) in [6, 6.07) is 11.1. The molecule has 0 saturated heterocycles. The molecule has 2 rings (SSSR count). The van der Waals surface area contributed by atoms with Crippen LogP contribution in [0.2, 0.25) is 10.0 Å². The molecule has 1 nitrogen and oxygen atoms in total. The number of aliphatic hydroxyl groups excluding tert-OH is 1. The Hall–Kier alpha value is -0.0600. The van der Waals surface area contributed by atoms with Crippen molar-refractivity contribution in [1.29, 1.82) is 0 Å². The van der Waals surface area contributed by atoms with Crippen molar-refractivity contribution in [2.24, 2.45) is 0 Å². The molecule has 19 heavy (non-hydrogen) atoms. The highest BCUT2D eigenvalue weighted by Crippen LogP contribution is 2.31. The van der Waals surface area contributed by atoms with Crippen molar-refractivity contribution in [3.05, 3.63) is 66.5 Å². The number of hydrogen-bond donors (Lipinski definition) is 1. The SMILES string of the molecule is OC(Cc1cccc(Cl)c1Cl)c1cc(Br)cc(Br)c1. The summed E-state index contributed by atoms with van der Waals surface area (Å²) in [4.78, 5) is 0. The van der Waals surface area contributed by atoms with Gasteiger partial charge in [-0.2, -0.15) is 0 Å². The zero-order valence-corrected chi connectivity index (χ0v) is 14.4. The molecule has 0 amide bonds. The summed E-state index contributed by atoms with van der Waals surface area (Å²) in [6.45, 7) is 0. The highest BCUT2D eigenvalue weighted by atomic mass is 79.9. The van der Waals surface area contributed by atoms with Gasteiger partial charge in [-0.25, -0.2) is 0 Å². The smallest absolute Gasteiger partial charge is 0.0831 e. The highest BCUT2D eigenvalue weighted by Gasteiger charge is 2.13. The molecule has 0 aliphatic carbocycles. The quantitative estimate of drug-likeness (QED) is 0.660. The molecular weight excluding hydrogens is 415 g/mol. The van der Waals surface area contributed by atoms with Gasteiger partial charge in [-0.1, -0.05) is 67.2 Å². The van der Waals surface area contributed by atoms with Crippen LogP contribution in [0.15, 0.2) is 45.3 Å². The van der Waals surface area contributed by atoms with Crippen molar-refractivity contribution in [3.8, 4) is 0 Å². The van der Waals surface area contributed by atoms with Crippen molar-refractivity contribution in [2.45, 2.75) is 12.5 Å². The molecule has 0 saturated carbocycles. The second kappa shape index (κ2) is 6.59. The number of halogens is 4. The summed E-state index contributed by atoms with van der Waals surface area (Å²) in [5.41, 5.74) is 1.65. The Kier molecular flexibility index (Phi) is 5.32. The van der Waals surface area contributed by atoms with Crippen LogP contribution in [0, 0.1) is 0 Å². The third-order valence-corrected chi connectivity index (χ3v) is 4.49. The molecular formula is C14H10Br2Cl2O. The van der Waals surface area contributed by atoms with Crippen molar-refractivity contribution >= 4 is 55.1 Å². The lowest BCUT2D eigenvalue weighted by molar-refractivity contribution is 0.178. The van der Waals surface area contributed by atoms with E-state index in [0.717, 1.165) is 20.1 Å². The lowest BCUT2D eigenvalue weighted by atomic mass is 10.0. The van der Waals surface area contributed by atoms with Gasteiger partial charge in [0.25, 0.3) is 0 Å². The molecule has 1 N–H and O–H groups in total. The van der Waals surface area contributed by atoms with Gasteiger partial charge >= 0.3 is 0 Å². The summed E-state index contributed by atoms with van der Waals surface area (Å²) in [6.07, 6.45) is -0.216. The molecule has 2 aromatic rings. The predicted octanol–water partition coefficient (Wildman–Crippen LogP) is 5.79. The van der Waals surface area contributed by atoms with E-state index in [9.17, 15) is 5.11 Å². The molecule has 100 valence electrons. The van der Waals surface area contributed by atoms with Gasteiger partial charge in [-0.3, -0.25) is 0 Å². The fourth-order valence-electron chi connectivity index (χ4n) is 1.80. The van der Waals surface area contributed by atoms with Crippen molar-refractivity contribution in [1.82, 2.24) is 0 Å². The molecule has 1 unspecified atom stereocenters. The second-order valence-corrected chi connectivity index (χ2v) is 6.75. The first-order valence-corrected chi connectivity index (χ1v) is 7.88. The zero-order valence-electron chi connectivity index (χ0n) is 9.71. The van der Waals surface area contributed by atoms with Gasteiger partial charge in [0.2, 0.25) is 0 Å². The van der Waals surface area contributed by atoms with E-state index >= 15 is 0 Å². The second-order valence-electron chi connectivity index (χ2n) is 4.14. The third-order valence-electron chi connectivity index (χ3n) is 2.71. The minimum atomic E-state index is -0.634. The van der Waals surface area contributed by atoms with Gasteiger partial charge in [0.15, 0.2) is 0 Å². The number of benzene rings is 2. The molecule has 0 aliphatic heterocycles. The fraction of sp³-hybridized carbons (Fsp3) is 0.143. The minimum absolute atomic E-state index is 0.419. The van der Waals surface area contributed by atoms with E-state index in [1.54, 1.807) is 6.07 Å². The lowest BCUT2D eigenvalue weighted by Gasteiger charge is -2.13. The van der Waals surface area contributed by atoms with Gasteiger partial charge in [-0.05, 0) is 35.4 Å². The number of rotatable bonds is 3. The van der Waals surface area contributed by atoms with Crippen LogP contribution >= 0.6 is 55.1 Å². The van der Waals surface area contributed by atoms with Crippen LogP contribution in [-0.4, -0.2) is 5.11 Å². The summed E-state index contributed by atoms with van der Waals surface area (Å²) in [5, 5.41) is 11.3. The molecule has 0 fully saturated rings. The van der Waals surface area contributed by atoms with Gasteiger partial charge in [-0.15, -0.1) is 0 Å². The zero-order chi connectivity index (χ0) is 14.0. The standard InChI is InChI=1S/C14H10Br2Cl2O/c15-10-4-9(5-11(16)7-10)13(19)6-8-2-1-3-12(17)14(8)18/h1-5,7,13,19H,6H2. The van der Waals surface area contributed by atoms with Crippen LogP contribution in [-0.2, 0) is 6.42 Å². The lowest BCUT2D eigenvalue weighted by Crippen LogP contribution is -2.02. The summed E-state index contributed by atoms with van der Waals surface area (Å²) in [5.74, 6) is 0. The van der Waals surface area contributed by atoms with E-state index < -0.39 is 6.10 Å². The van der Waals surface area contributed by atoms with E-state index in [1.807, 2.05) is 30.3 Å². The van der Waals surface area contributed by atoms with Crippen molar-refractivity contribution < 1.29 is 5.11 Å². The first-order chi connectivity index (χ1) is 8.97. The number of hydrogen-bond acceptors (Lipinski definition) is 1. The highest BCUT2D eigenvalue weighted by molar-refractivity contribution is 9.11. The van der Waals surface area contributed by atoms with E-state index in [0.29, 0.717) is 16.5 Å². The molecule has 1 atom stereocenters. The molecule has 0 aliphatic rings. The summed E-state index contributed by atoms with van der Waals surface area (Å²) < 4.78 is 1.82. The molecule has 0 radical (unpaired) electrons. The van der Waals surface area contributed by atoms with E-state index in [-0.39, 0.29) is 0 Å². The van der Waals surface area contributed by atoms with Crippen LogP contribution in [0.4, 0.5) is 0 Å². The maximum absolute atomic E-state index is 10.3. The van der Waals surface area contributed by atoms with Gasteiger partial charge in [0.05, 0.1) is 16.1 Å². The van der Waals surface area contributed by atoms with Crippen LogP contribution in [0.3, 0.4) is 0 Å². The first-order valence-electron chi connectivity index (χ1n) is 5.54. The Morgan fingerprint density at radius 2 is 1.68 bits per heavy atom. The molecule has 0 spiro atoms. The minimum Gasteiger partial charge on any atom is -0.388 e. The monoisotopic (exact) mass is 422 g/mol. The largest absolute Gasteiger partial charge is 0.388 e. The van der Waals surface area contributed by atoms with Crippen molar-refractivity contribution in [3.63, 3.8) is 0 Å². The Morgan fingerprint density at radius 1 is 1.05 bits per heavy atom. The fourth-order valence-corrected chi connectivity index (χ4v) is 3.53. The molecule has 0 heterocycles. The first kappa shape index (κ1) is 15.3. The Bertz CT molecular complexity index is 582. The van der Waals surface area contributed by atoms with Gasteiger partial charge < -0.3 is 5.11 Å². The Balaban J connectivity index is 2.25. The third kappa shape index (κ3) is 3.96. The molecule has 2 aromatic carbocycles. The Morgan fingerprint density at radius 3 is 2.32 bits per heavy atom. The van der Waals surface area contributed by atoms with Gasteiger partial charge in [0, 0.05) is 15.4 Å². The van der Waals surface area contributed by atoms with Crippen LogP contribution < -0.4 is 0 Å². The normalized spacial score (nSPS) is 12.5. The average Bonchev–Trinajstić information content (AvgIpc) is 2.33. The topological polar surface area (TPSA) is 20.2 Å². The molecule has 5 heteroatoms. The maximum Gasteiger partial charge on any atom is 0.0831 e. The average molecular weight is 425 g/mol. The molecule has 0 aromatic heterocycles. The van der Waals surface area contributed by atoms with E-state index in [1.165, 1.54) is 0 Å². The van der Waals surface area contributed by atoms with E-state index in [4.69, 9.17) is 23.2 Å². The summed E-state index contributed by atoms with van der Waals surface area (Å²) in [7, 11) is 0. The van der Waals surface area contributed by atoms with Crippen LogP contribution in [0.1, 0.15) is 17.2 Å². The predicted molar refractivity (Wildman–Crippen MR) is 87.0 cm³/mol.